The standard InChI is InChI=1S/C16H16ClN5O2/c1-2-24-11-3-4-14-12(8-11)13(9-23)21-22(14)6-5-10-7-15(17)20-16(18)19-10/h3-4,7-8,21H,2,5-6H2,1H3,(H2,18,19,20). The number of carbonyl (C=O) groups excluding carboxylic acids is 1. The molecule has 3 N–H and O–H groups in total. The third kappa shape index (κ3) is 3.27. The van der Waals surface area contributed by atoms with Gasteiger partial charge >= 0.3 is 0 Å². The molecule has 1 aliphatic rings. The van der Waals surface area contributed by atoms with Gasteiger partial charge in [0.15, 0.2) is 5.94 Å². The van der Waals surface area contributed by atoms with Crippen LogP contribution in [-0.4, -0.2) is 29.1 Å². The van der Waals surface area contributed by atoms with Crippen LogP contribution in [0.3, 0.4) is 0 Å². The van der Waals surface area contributed by atoms with E-state index < -0.39 is 0 Å². The van der Waals surface area contributed by atoms with Crippen LogP contribution in [-0.2, 0) is 11.2 Å². The SMILES string of the molecule is CCOc1ccc2c(c1)C(=C=O)NN2CCc1cc(Cl)nc(N)n1. The van der Waals surface area contributed by atoms with E-state index in [0.717, 1.165) is 16.9 Å². The molecule has 0 aliphatic carbocycles. The van der Waals surface area contributed by atoms with Crippen LogP contribution in [0.15, 0.2) is 24.3 Å². The molecule has 0 saturated heterocycles. The molecule has 1 aromatic carbocycles. The summed E-state index contributed by atoms with van der Waals surface area (Å²) in [5.41, 5.74) is 11.4. The van der Waals surface area contributed by atoms with Crippen molar-refractivity contribution in [1.29, 1.82) is 0 Å². The van der Waals surface area contributed by atoms with Crippen molar-refractivity contribution >= 4 is 34.9 Å². The van der Waals surface area contributed by atoms with Gasteiger partial charge in [-0.2, -0.15) is 0 Å². The highest BCUT2D eigenvalue weighted by atomic mass is 35.5. The first-order valence-electron chi connectivity index (χ1n) is 7.46. The maximum absolute atomic E-state index is 11.2. The fourth-order valence-electron chi connectivity index (χ4n) is 2.55. The van der Waals surface area contributed by atoms with E-state index in [0.29, 0.717) is 36.2 Å². The Morgan fingerprint density at radius 1 is 1.38 bits per heavy atom. The van der Waals surface area contributed by atoms with Crippen LogP contribution in [0, 0.1) is 0 Å². The number of ether oxygens (including phenoxy) is 1. The number of nitrogens with zero attached hydrogens (tertiary/aromatic N) is 3. The first kappa shape index (κ1) is 16.1. The highest BCUT2D eigenvalue weighted by Gasteiger charge is 2.24. The zero-order valence-electron chi connectivity index (χ0n) is 13.0. The Kier molecular flexibility index (Phi) is 4.55. The van der Waals surface area contributed by atoms with E-state index >= 15 is 0 Å². The smallest absolute Gasteiger partial charge is 0.221 e. The van der Waals surface area contributed by atoms with Gasteiger partial charge in [-0.1, -0.05) is 11.6 Å². The van der Waals surface area contributed by atoms with Crippen molar-refractivity contribution < 1.29 is 9.53 Å². The number of nitrogen functional groups attached to an aromatic ring is 1. The van der Waals surface area contributed by atoms with Gasteiger partial charge in [-0.15, -0.1) is 0 Å². The number of hydrazine groups is 1. The Balaban J connectivity index is 1.80. The lowest BCUT2D eigenvalue weighted by Crippen LogP contribution is -2.33. The zero-order chi connectivity index (χ0) is 17.1. The molecule has 7 nitrogen and oxygen atoms in total. The van der Waals surface area contributed by atoms with E-state index in [1.807, 2.05) is 36.1 Å². The number of anilines is 2. The number of benzene rings is 1. The average Bonchev–Trinajstić information content (AvgIpc) is 2.90. The summed E-state index contributed by atoms with van der Waals surface area (Å²) < 4.78 is 5.48. The molecule has 2 aromatic rings. The zero-order valence-corrected chi connectivity index (χ0v) is 13.8. The van der Waals surface area contributed by atoms with Gasteiger partial charge in [0.05, 0.1) is 12.3 Å². The fraction of sp³-hybridized carbons (Fsp3) is 0.250. The number of halogens is 1. The lowest BCUT2D eigenvalue weighted by atomic mass is 10.1. The highest BCUT2D eigenvalue weighted by molar-refractivity contribution is 6.29. The summed E-state index contributed by atoms with van der Waals surface area (Å²) in [5, 5.41) is 2.17. The Morgan fingerprint density at radius 2 is 2.21 bits per heavy atom. The van der Waals surface area contributed by atoms with Crippen LogP contribution in [0.4, 0.5) is 11.6 Å². The maximum atomic E-state index is 11.2. The first-order chi connectivity index (χ1) is 11.6. The third-order valence-corrected chi connectivity index (χ3v) is 3.74. The topological polar surface area (TPSA) is 93.4 Å². The normalized spacial score (nSPS) is 12.6. The minimum atomic E-state index is 0.141. The summed E-state index contributed by atoms with van der Waals surface area (Å²) in [6.45, 7) is 3.04. The number of aromatic nitrogens is 2. The van der Waals surface area contributed by atoms with E-state index in [1.165, 1.54) is 0 Å². The molecule has 0 radical (unpaired) electrons. The van der Waals surface area contributed by atoms with Gasteiger partial charge in [0.1, 0.15) is 16.6 Å². The van der Waals surface area contributed by atoms with Gasteiger partial charge in [0.2, 0.25) is 5.95 Å². The summed E-state index contributed by atoms with van der Waals surface area (Å²) in [4.78, 5) is 19.2. The fourth-order valence-corrected chi connectivity index (χ4v) is 2.77. The molecule has 0 saturated carbocycles. The third-order valence-electron chi connectivity index (χ3n) is 3.54. The molecular formula is C16H16ClN5O2. The van der Waals surface area contributed by atoms with Crippen LogP contribution >= 0.6 is 11.6 Å². The van der Waals surface area contributed by atoms with E-state index in [4.69, 9.17) is 22.1 Å². The monoisotopic (exact) mass is 345 g/mol. The van der Waals surface area contributed by atoms with Gasteiger partial charge in [-0.3, -0.25) is 10.4 Å². The second-order valence-electron chi connectivity index (χ2n) is 5.14. The van der Waals surface area contributed by atoms with E-state index in [2.05, 4.69) is 15.4 Å². The largest absolute Gasteiger partial charge is 0.494 e. The summed E-state index contributed by atoms with van der Waals surface area (Å²) in [6, 6.07) is 7.26. The molecule has 3 rings (SSSR count). The molecule has 0 atom stereocenters. The molecule has 1 aromatic heterocycles. The van der Waals surface area contributed by atoms with E-state index in [-0.39, 0.29) is 5.95 Å². The van der Waals surface area contributed by atoms with Crippen molar-refractivity contribution in [2.45, 2.75) is 13.3 Å². The molecule has 0 spiro atoms. The molecule has 0 fully saturated rings. The van der Waals surface area contributed by atoms with Gasteiger partial charge in [0, 0.05) is 24.2 Å². The average molecular weight is 346 g/mol. The minimum absolute atomic E-state index is 0.141. The van der Waals surface area contributed by atoms with Gasteiger partial charge < -0.3 is 10.5 Å². The van der Waals surface area contributed by atoms with Crippen LogP contribution in [0.2, 0.25) is 5.15 Å². The number of nitrogens with two attached hydrogens (primary N) is 1. The van der Waals surface area contributed by atoms with Crippen molar-refractivity contribution in [2.24, 2.45) is 0 Å². The Labute approximate surface area is 144 Å². The van der Waals surface area contributed by atoms with Crippen molar-refractivity contribution in [3.05, 3.63) is 40.7 Å². The molecule has 0 amide bonds. The molecule has 2 heterocycles. The molecule has 24 heavy (non-hydrogen) atoms. The lowest BCUT2D eigenvalue weighted by molar-refractivity contribution is 0.340. The molecule has 0 bridgehead atoms. The van der Waals surface area contributed by atoms with Crippen molar-refractivity contribution in [3.8, 4) is 5.75 Å². The number of rotatable bonds is 5. The van der Waals surface area contributed by atoms with Crippen LogP contribution < -0.4 is 20.9 Å². The Bertz CT molecular complexity index is 800. The molecule has 0 unspecified atom stereocenters. The predicted molar refractivity (Wildman–Crippen MR) is 92.4 cm³/mol. The second kappa shape index (κ2) is 6.78. The highest BCUT2D eigenvalue weighted by Crippen LogP contribution is 2.33. The summed E-state index contributed by atoms with van der Waals surface area (Å²) in [5.74, 6) is 2.78. The number of nitrogens with one attached hydrogen (secondary N) is 1. The molecule has 1 aliphatic heterocycles. The van der Waals surface area contributed by atoms with E-state index in [9.17, 15) is 4.79 Å². The van der Waals surface area contributed by atoms with Crippen LogP contribution in [0.25, 0.3) is 5.70 Å². The lowest BCUT2D eigenvalue weighted by Gasteiger charge is -2.19. The van der Waals surface area contributed by atoms with Gasteiger partial charge in [-0.05, 0) is 31.2 Å². The quantitative estimate of drug-likeness (QED) is 0.631. The minimum Gasteiger partial charge on any atom is -0.494 e. The van der Waals surface area contributed by atoms with Gasteiger partial charge in [-0.25, -0.2) is 14.8 Å². The number of fused-ring (bicyclic) bond motifs is 1. The molecule has 124 valence electrons. The number of hydrogen-bond acceptors (Lipinski definition) is 7. The van der Waals surface area contributed by atoms with Crippen LogP contribution in [0.1, 0.15) is 18.2 Å². The summed E-state index contributed by atoms with van der Waals surface area (Å²) in [7, 11) is 0. The Hall–Kier alpha value is -2.76. The first-order valence-corrected chi connectivity index (χ1v) is 7.84. The number of hydrogen-bond donors (Lipinski definition) is 2. The van der Waals surface area contributed by atoms with Crippen molar-refractivity contribution in [2.75, 3.05) is 23.9 Å². The predicted octanol–water partition coefficient (Wildman–Crippen LogP) is 1.85. The summed E-state index contributed by atoms with van der Waals surface area (Å²) >= 11 is 5.89. The van der Waals surface area contributed by atoms with Crippen molar-refractivity contribution in [1.82, 2.24) is 15.4 Å². The molecule has 8 heteroatoms. The summed E-state index contributed by atoms with van der Waals surface area (Å²) in [6.07, 6.45) is 0.582. The van der Waals surface area contributed by atoms with E-state index in [1.54, 1.807) is 6.07 Å². The van der Waals surface area contributed by atoms with Gasteiger partial charge in [0.25, 0.3) is 0 Å². The van der Waals surface area contributed by atoms with Crippen molar-refractivity contribution in [3.63, 3.8) is 0 Å². The maximum Gasteiger partial charge on any atom is 0.221 e. The Morgan fingerprint density at radius 3 is 2.92 bits per heavy atom. The molecular weight excluding hydrogens is 330 g/mol. The van der Waals surface area contributed by atoms with Crippen LogP contribution in [0.5, 0.6) is 5.75 Å². The second-order valence-corrected chi connectivity index (χ2v) is 5.53.